The average molecular weight is 335 g/mol. The molecule has 136 valence electrons. The molecular formula is C19H33N3O2. The van der Waals surface area contributed by atoms with Gasteiger partial charge in [0, 0.05) is 6.04 Å². The minimum Gasteiger partial charge on any atom is -0.323 e. The lowest BCUT2D eigenvalue weighted by atomic mass is 9.67. The molecule has 0 unspecified atom stereocenters. The molecule has 0 bridgehead atoms. The standard InChI is InChI=1S/C19H33N3O2/c1-14-9-8-10-15(2)19(14)17(23)22(18(24)20-19)13-21(3)16-11-6-4-5-7-12-16/h14-16H,4-13H2,1-3H3,(H,20,24)/t14-,15-/m0/s1. The Morgan fingerprint density at radius 3 is 2.17 bits per heavy atom. The number of carbonyl (C=O) groups is 2. The summed E-state index contributed by atoms with van der Waals surface area (Å²) in [7, 11) is 2.06. The first-order chi connectivity index (χ1) is 11.5. The van der Waals surface area contributed by atoms with Gasteiger partial charge in [-0.25, -0.2) is 9.69 Å². The van der Waals surface area contributed by atoms with E-state index >= 15 is 0 Å². The summed E-state index contributed by atoms with van der Waals surface area (Å²) >= 11 is 0. The van der Waals surface area contributed by atoms with Crippen molar-refractivity contribution in [2.45, 2.75) is 83.2 Å². The van der Waals surface area contributed by atoms with Gasteiger partial charge in [-0.05, 0) is 44.6 Å². The van der Waals surface area contributed by atoms with Crippen LogP contribution in [0.25, 0.3) is 0 Å². The molecule has 0 aromatic heterocycles. The third-order valence-corrected chi connectivity index (χ3v) is 6.80. The van der Waals surface area contributed by atoms with Crippen molar-refractivity contribution in [1.29, 1.82) is 0 Å². The first-order valence-corrected chi connectivity index (χ1v) is 9.81. The Morgan fingerprint density at radius 1 is 1.00 bits per heavy atom. The predicted octanol–water partition coefficient (Wildman–Crippen LogP) is 3.35. The highest BCUT2D eigenvalue weighted by Gasteiger charge is 2.58. The third-order valence-electron chi connectivity index (χ3n) is 6.80. The van der Waals surface area contributed by atoms with Crippen LogP contribution in [-0.4, -0.2) is 47.0 Å². The van der Waals surface area contributed by atoms with Crippen LogP contribution in [0.5, 0.6) is 0 Å². The normalized spacial score (nSPS) is 31.6. The number of imide groups is 1. The molecule has 3 fully saturated rings. The Morgan fingerprint density at radius 2 is 1.58 bits per heavy atom. The molecule has 0 aromatic carbocycles. The zero-order valence-corrected chi connectivity index (χ0v) is 15.5. The second-order valence-corrected chi connectivity index (χ2v) is 8.31. The highest BCUT2D eigenvalue weighted by atomic mass is 16.2. The lowest BCUT2D eigenvalue weighted by molar-refractivity contribution is -0.138. The van der Waals surface area contributed by atoms with E-state index in [1.54, 1.807) is 0 Å². The molecule has 1 saturated heterocycles. The molecule has 3 amide bonds. The second kappa shape index (κ2) is 7.03. The lowest BCUT2D eigenvalue weighted by Gasteiger charge is -2.42. The van der Waals surface area contributed by atoms with Gasteiger partial charge in [-0.2, -0.15) is 0 Å². The summed E-state index contributed by atoms with van der Waals surface area (Å²) in [6.45, 7) is 4.66. The smallest absolute Gasteiger partial charge is 0.323 e. The molecule has 24 heavy (non-hydrogen) atoms. The van der Waals surface area contributed by atoms with Gasteiger partial charge in [0.15, 0.2) is 0 Å². The number of amides is 3. The summed E-state index contributed by atoms with van der Waals surface area (Å²) in [5, 5.41) is 3.10. The molecule has 1 aliphatic heterocycles. The van der Waals surface area contributed by atoms with Crippen molar-refractivity contribution < 1.29 is 9.59 Å². The van der Waals surface area contributed by atoms with Crippen LogP contribution < -0.4 is 5.32 Å². The number of hydrogen-bond acceptors (Lipinski definition) is 3. The van der Waals surface area contributed by atoms with Gasteiger partial charge >= 0.3 is 6.03 Å². The van der Waals surface area contributed by atoms with Gasteiger partial charge in [-0.15, -0.1) is 0 Å². The van der Waals surface area contributed by atoms with E-state index in [1.807, 2.05) is 0 Å². The van der Waals surface area contributed by atoms with Crippen LogP contribution in [0.15, 0.2) is 0 Å². The van der Waals surface area contributed by atoms with Crippen molar-refractivity contribution in [1.82, 2.24) is 15.1 Å². The fraction of sp³-hybridized carbons (Fsp3) is 0.895. The van der Waals surface area contributed by atoms with Crippen molar-refractivity contribution in [3.63, 3.8) is 0 Å². The third kappa shape index (κ3) is 2.96. The monoisotopic (exact) mass is 335 g/mol. The van der Waals surface area contributed by atoms with Gasteiger partial charge in [-0.3, -0.25) is 9.69 Å². The molecule has 2 aliphatic carbocycles. The van der Waals surface area contributed by atoms with Crippen LogP contribution in [0.1, 0.15) is 71.6 Å². The van der Waals surface area contributed by atoms with Gasteiger partial charge in [0.25, 0.3) is 5.91 Å². The molecule has 1 heterocycles. The number of nitrogens with zero attached hydrogens (tertiary/aromatic N) is 2. The van der Waals surface area contributed by atoms with Crippen molar-refractivity contribution in [2.24, 2.45) is 11.8 Å². The highest BCUT2D eigenvalue weighted by molar-refractivity contribution is 6.07. The summed E-state index contributed by atoms with van der Waals surface area (Å²) in [5.74, 6) is 0.435. The second-order valence-electron chi connectivity index (χ2n) is 8.31. The molecule has 5 nitrogen and oxygen atoms in total. The summed E-state index contributed by atoms with van der Waals surface area (Å²) in [6.07, 6.45) is 10.7. The van der Waals surface area contributed by atoms with E-state index in [-0.39, 0.29) is 23.8 Å². The number of carbonyl (C=O) groups excluding carboxylic acids is 2. The average Bonchev–Trinajstić information content (AvgIpc) is 2.76. The van der Waals surface area contributed by atoms with E-state index in [4.69, 9.17) is 0 Å². The van der Waals surface area contributed by atoms with Crippen molar-refractivity contribution in [2.75, 3.05) is 13.7 Å². The Hall–Kier alpha value is -1.10. The van der Waals surface area contributed by atoms with Gasteiger partial charge < -0.3 is 5.32 Å². The minimum atomic E-state index is -0.667. The van der Waals surface area contributed by atoms with E-state index in [2.05, 4.69) is 31.1 Å². The molecule has 5 heteroatoms. The zero-order chi connectivity index (χ0) is 17.3. The largest absolute Gasteiger partial charge is 0.326 e. The summed E-state index contributed by atoms with van der Waals surface area (Å²) < 4.78 is 0. The molecule has 0 radical (unpaired) electrons. The molecule has 3 aliphatic rings. The van der Waals surface area contributed by atoms with Crippen LogP contribution in [0.3, 0.4) is 0 Å². The van der Waals surface area contributed by atoms with Crippen LogP contribution in [0.4, 0.5) is 4.79 Å². The molecule has 1 N–H and O–H groups in total. The predicted molar refractivity (Wildman–Crippen MR) is 94.4 cm³/mol. The number of hydrogen-bond donors (Lipinski definition) is 1. The number of nitrogens with one attached hydrogen (secondary N) is 1. The maximum Gasteiger partial charge on any atom is 0.326 e. The van der Waals surface area contributed by atoms with Crippen LogP contribution >= 0.6 is 0 Å². The molecule has 3 rings (SSSR count). The first kappa shape index (κ1) is 17.7. The van der Waals surface area contributed by atoms with Crippen LogP contribution in [0.2, 0.25) is 0 Å². The fourth-order valence-electron chi connectivity index (χ4n) is 5.12. The molecular weight excluding hydrogens is 302 g/mol. The van der Waals surface area contributed by atoms with Gasteiger partial charge in [0.1, 0.15) is 5.54 Å². The van der Waals surface area contributed by atoms with Gasteiger partial charge in [0.05, 0.1) is 6.67 Å². The van der Waals surface area contributed by atoms with E-state index in [0.29, 0.717) is 12.7 Å². The SMILES string of the molecule is C[C@H]1CCC[C@H](C)C12NC(=O)N(CN(C)C1CCCCCC1)C2=O. The first-order valence-electron chi connectivity index (χ1n) is 9.81. The minimum absolute atomic E-state index is 0.00710. The lowest BCUT2D eigenvalue weighted by Crippen LogP contribution is -2.59. The zero-order valence-electron chi connectivity index (χ0n) is 15.5. The van der Waals surface area contributed by atoms with Gasteiger partial charge in [-0.1, -0.05) is 46.0 Å². The number of rotatable bonds is 3. The molecule has 2 saturated carbocycles. The Kier molecular flexibility index (Phi) is 5.19. The van der Waals surface area contributed by atoms with Crippen molar-refractivity contribution in [3.05, 3.63) is 0 Å². The summed E-state index contributed by atoms with van der Waals surface area (Å²) in [4.78, 5) is 29.5. The number of urea groups is 1. The summed E-state index contributed by atoms with van der Waals surface area (Å²) in [5.41, 5.74) is -0.667. The van der Waals surface area contributed by atoms with Crippen molar-refractivity contribution >= 4 is 11.9 Å². The van der Waals surface area contributed by atoms with Crippen LogP contribution in [-0.2, 0) is 4.79 Å². The van der Waals surface area contributed by atoms with E-state index < -0.39 is 5.54 Å². The Balaban J connectivity index is 1.72. The maximum absolute atomic E-state index is 13.2. The van der Waals surface area contributed by atoms with E-state index in [9.17, 15) is 9.59 Å². The fourth-order valence-corrected chi connectivity index (χ4v) is 5.12. The molecule has 0 aromatic rings. The maximum atomic E-state index is 13.2. The summed E-state index contributed by atoms with van der Waals surface area (Å²) in [6, 6.07) is 0.298. The Bertz CT molecular complexity index is 475. The van der Waals surface area contributed by atoms with Crippen LogP contribution in [0, 0.1) is 11.8 Å². The quantitative estimate of drug-likeness (QED) is 0.636. The van der Waals surface area contributed by atoms with Gasteiger partial charge in [0.2, 0.25) is 0 Å². The van der Waals surface area contributed by atoms with Crippen molar-refractivity contribution in [3.8, 4) is 0 Å². The molecule has 2 atom stereocenters. The van der Waals surface area contributed by atoms with E-state index in [1.165, 1.54) is 43.4 Å². The topological polar surface area (TPSA) is 52.7 Å². The highest BCUT2D eigenvalue weighted by Crippen LogP contribution is 2.42. The Labute approximate surface area is 146 Å². The van der Waals surface area contributed by atoms with E-state index in [0.717, 1.165) is 19.3 Å². The molecule has 1 spiro atoms.